The summed E-state index contributed by atoms with van der Waals surface area (Å²) < 4.78 is 0. The molecule has 0 radical (unpaired) electrons. The van der Waals surface area contributed by atoms with Crippen LogP contribution in [-0.2, 0) is 17.8 Å². The van der Waals surface area contributed by atoms with Crippen molar-refractivity contribution in [3.63, 3.8) is 0 Å². The highest BCUT2D eigenvalue weighted by molar-refractivity contribution is 5.79. The van der Waals surface area contributed by atoms with Gasteiger partial charge in [0, 0.05) is 24.4 Å². The smallest absolute Gasteiger partial charge is 0.225 e. The van der Waals surface area contributed by atoms with Crippen molar-refractivity contribution in [2.75, 3.05) is 44.2 Å². The summed E-state index contributed by atoms with van der Waals surface area (Å²) in [6.45, 7) is 15.6. The second-order valence-electron chi connectivity index (χ2n) is 8.37. The molecule has 0 saturated carbocycles. The number of nitrogens with one attached hydrogen (secondary N) is 1. The third-order valence-electron chi connectivity index (χ3n) is 6.48. The minimum Gasteiger partial charge on any atom is -0.345 e. The number of carbonyl (C=O) groups excluding carboxylic acids is 1. The van der Waals surface area contributed by atoms with Crippen LogP contribution in [0.1, 0.15) is 63.5 Å². The van der Waals surface area contributed by atoms with Crippen molar-refractivity contribution < 1.29 is 9.69 Å². The summed E-state index contributed by atoms with van der Waals surface area (Å²) in [6.07, 6.45) is 5.07. The van der Waals surface area contributed by atoms with Crippen LogP contribution in [0.3, 0.4) is 0 Å². The molecule has 1 N–H and O–H groups in total. The molecule has 1 aromatic heterocycles. The number of likely N-dealkylation sites (N-methyl/N-ethyl adjacent to an activating group) is 1. The van der Waals surface area contributed by atoms with Crippen molar-refractivity contribution in [1.29, 1.82) is 0 Å². The zero-order chi connectivity index (χ0) is 20.1. The molecule has 6 heteroatoms. The van der Waals surface area contributed by atoms with E-state index in [2.05, 4.69) is 30.6 Å². The predicted octanol–water partition coefficient (Wildman–Crippen LogP) is 1.61. The Bertz CT molecular complexity index is 669. The van der Waals surface area contributed by atoms with E-state index in [1.54, 1.807) is 4.90 Å². The van der Waals surface area contributed by atoms with E-state index in [9.17, 15) is 4.79 Å². The molecular formula is C22H38N5O+. The molecule has 3 heterocycles. The molecule has 28 heavy (non-hydrogen) atoms. The van der Waals surface area contributed by atoms with E-state index in [1.165, 1.54) is 12.1 Å². The molecule has 1 amide bonds. The molecule has 1 saturated heterocycles. The predicted molar refractivity (Wildman–Crippen MR) is 113 cm³/mol. The van der Waals surface area contributed by atoms with Crippen molar-refractivity contribution >= 4 is 11.7 Å². The van der Waals surface area contributed by atoms with Gasteiger partial charge in [-0.1, -0.05) is 26.7 Å². The lowest BCUT2D eigenvalue weighted by Gasteiger charge is -2.37. The molecule has 1 atom stereocenters. The molecule has 0 aliphatic carbocycles. The number of hydrogen-bond acceptors (Lipinski definition) is 4. The van der Waals surface area contributed by atoms with Gasteiger partial charge in [0.2, 0.25) is 5.91 Å². The van der Waals surface area contributed by atoms with Crippen LogP contribution in [0.25, 0.3) is 0 Å². The molecule has 0 unspecified atom stereocenters. The van der Waals surface area contributed by atoms with E-state index in [0.29, 0.717) is 12.5 Å². The van der Waals surface area contributed by atoms with Gasteiger partial charge in [-0.15, -0.1) is 0 Å². The summed E-state index contributed by atoms with van der Waals surface area (Å²) in [6, 6.07) is 0. The molecule has 0 spiro atoms. The van der Waals surface area contributed by atoms with Crippen molar-refractivity contribution in [3.05, 3.63) is 17.1 Å². The summed E-state index contributed by atoms with van der Waals surface area (Å²) in [5, 5.41) is 0. The van der Waals surface area contributed by atoms with Crippen molar-refractivity contribution in [1.82, 2.24) is 14.9 Å². The average molecular weight is 389 g/mol. The van der Waals surface area contributed by atoms with Crippen LogP contribution in [0.2, 0.25) is 0 Å². The molecular weight excluding hydrogens is 350 g/mol. The maximum atomic E-state index is 13.1. The summed E-state index contributed by atoms with van der Waals surface area (Å²) >= 11 is 0. The molecule has 1 fully saturated rings. The number of rotatable bonds is 7. The first kappa shape index (κ1) is 21.0. The zero-order valence-corrected chi connectivity index (χ0v) is 18.3. The SMILES string of the molecule is CCCC[C@H](CC)C(=O)N1CCc2nc(C)nc(N3CC[NH+](CC)CC3)c2C1. The van der Waals surface area contributed by atoms with Gasteiger partial charge in [0.05, 0.1) is 45.0 Å². The molecule has 0 bridgehead atoms. The summed E-state index contributed by atoms with van der Waals surface area (Å²) in [5.41, 5.74) is 2.34. The zero-order valence-electron chi connectivity index (χ0n) is 18.3. The van der Waals surface area contributed by atoms with Crippen LogP contribution in [0.4, 0.5) is 5.82 Å². The van der Waals surface area contributed by atoms with Crippen LogP contribution in [-0.4, -0.2) is 60.0 Å². The first-order valence-electron chi connectivity index (χ1n) is 11.3. The minimum absolute atomic E-state index is 0.160. The second-order valence-corrected chi connectivity index (χ2v) is 8.37. The highest BCUT2D eigenvalue weighted by Crippen LogP contribution is 2.28. The van der Waals surface area contributed by atoms with Gasteiger partial charge in [0.25, 0.3) is 0 Å². The standard InChI is InChI=1S/C22H37N5O/c1-5-8-9-18(6-2)22(28)27-11-10-20-19(16-27)21(24-17(4)23-20)26-14-12-25(7-3)13-15-26/h18H,5-16H2,1-4H3/p+1/t18-/m0/s1. The van der Waals surface area contributed by atoms with Gasteiger partial charge in [-0.25, -0.2) is 9.97 Å². The number of aromatic nitrogens is 2. The van der Waals surface area contributed by atoms with Gasteiger partial charge in [0.15, 0.2) is 0 Å². The highest BCUT2D eigenvalue weighted by atomic mass is 16.2. The van der Waals surface area contributed by atoms with Gasteiger partial charge in [-0.2, -0.15) is 0 Å². The van der Waals surface area contributed by atoms with Crippen molar-refractivity contribution in [3.8, 4) is 0 Å². The van der Waals surface area contributed by atoms with Crippen LogP contribution in [0.5, 0.6) is 0 Å². The maximum Gasteiger partial charge on any atom is 0.225 e. The number of piperazine rings is 1. The number of quaternary nitrogens is 1. The summed E-state index contributed by atoms with van der Waals surface area (Å²) in [4.78, 5) is 28.9. The van der Waals surface area contributed by atoms with E-state index in [0.717, 1.165) is 82.2 Å². The topological polar surface area (TPSA) is 53.8 Å². The Morgan fingerprint density at radius 2 is 1.89 bits per heavy atom. The molecule has 1 aromatic rings. The van der Waals surface area contributed by atoms with Gasteiger partial charge in [-0.05, 0) is 26.7 Å². The maximum absolute atomic E-state index is 13.1. The molecule has 2 aliphatic rings. The van der Waals surface area contributed by atoms with E-state index in [-0.39, 0.29) is 5.92 Å². The fraction of sp³-hybridized carbons (Fsp3) is 0.773. The van der Waals surface area contributed by atoms with Crippen molar-refractivity contribution in [2.45, 2.75) is 66.3 Å². The number of fused-ring (bicyclic) bond motifs is 1. The first-order valence-corrected chi connectivity index (χ1v) is 11.3. The Kier molecular flexibility index (Phi) is 7.27. The second kappa shape index (κ2) is 9.68. The number of hydrogen-bond donors (Lipinski definition) is 1. The largest absolute Gasteiger partial charge is 0.345 e. The van der Waals surface area contributed by atoms with Gasteiger partial charge in [0.1, 0.15) is 11.6 Å². The fourth-order valence-electron chi connectivity index (χ4n) is 4.57. The minimum atomic E-state index is 0.160. The number of nitrogens with zero attached hydrogens (tertiary/aromatic N) is 4. The summed E-state index contributed by atoms with van der Waals surface area (Å²) in [7, 11) is 0. The lowest BCUT2D eigenvalue weighted by atomic mass is 9.96. The number of anilines is 1. The quantitative estimate of drug-likeness (QED) is 0.771. The Labute approximate surface area is 170 Å². The normalized spacial score (nSPS) is 18.9. The first-order chi connectivity index (χ1) is 13.6. The average Bonchev–Trinajstić information content (AvgIpc) is 2.73. The van der Waals surface area contributed by atoms with Gasteiger partial charge in [-0.3, -0.25) is 4.79 Å². The highest BCUT2D eigenvalue weighted by Gasteiger charge is 2.31. The Morgan fingerprint density at radius 3 is 2.54 bits per heavy atom. The van der Waals surface area contributed by atoms with Crippen molar-refractivity contribution in [2.24, 2.45) is 5.92 Å². The Morgan fingerprint density at radius 1 is 1.14 bits per heavy atom. The molecule has 6 nitrogen and oxygen atoms in total. The third-order valence-corrected chi connectivity index (χ3v) is 6.48. The summed E-state index contributed by atoms with van der Waals surface area (Å²) in [5.74, 6) is 2.42. The van der Waals surface area contributed by atoms with E-state index < -0.39 is 0 Å². The lowest BCUT2D eigenvalue weighted by molar-refractivity contribution is -0.898. The van der Waals surface area contributed by atoms with Crippen LogP contribution >= 0.6 is 0 Å². The van der Waals surface area contributed by atoms with E-state index >= 15 is 0 Å². The Hall–Kier alpha value is -1.69. The number of amides is 1. The van der Waals surface area contributed by atoms with Gasteiger partial charge >= 0.3 is 0 Å². The van der Waals surface area contributed by atoms with E-state index in [4.69, 9.17) is 9.97 Å². The van der Waals surface area contributed by atoms with Crippen LogP contribution in [0, 0.1) is 12.8 Å². The number of carbonyl (C=O) groups is 1. The third kappa shape index (κ3) is 4.65. The number of aryl methyl sites for hydroxylation is 1. The molecule has 0 aromatic carbocycles. The molecule has 3 rings (SSSR count). The monoisotopic (exact) mass is 388 g/mol. The molecule has 156 valence electrons. The van der Waals surface area contributed by atoms with Crippen LogP contribution < -0.4 is 9.80 Å². The Balaban J connectivity index is 1.78. The van der Waals surface area contributed by atoms with Gasteiger partial charge < -0.3 is 14.7 Å². The van der Waals surface area contributed by atoms with E-state index in [1.807, 2.05) is 6.92 Å². The fourth-order valence-corrected chi connectivity index (χ4v) is 4.57. The van der Waals surface area contributed by atoms with Crippen LogP contribution in [0.15, 0.2) is 0 Å². The number of unbranched alkanes of at least 4 members (excludes halogenated alkanes) is 1. The molecule has 2 aliphatic heterocycles. The lowest BCUT2D eigenvalue weighted by Crippen LogP contribution is -3.14.